The number of carbonyl (C=O) groups is 1. The summed E-state index contributed by atoms with van der Waals surface area (Å²) in [6.45, 7) is -4.91. The van der Waals surface area contributed by atoms with Crippen molar-refractivity contribution in [1.82, 2.24) is 0 Å². The largest absolute Gasteiger partial charge is 1.00 e. The first-order valence-corrected chi connectivity index (χ1v) is 1.89. The number of carbonyl (C=O) groups excluding carboxylic acids is 1. The number of hydrogen-bond donors (Lipinski definition) is 0. The Labute approximate surface area is 93.2 Å². The molecule has 0 fully saturated rings. The molecule has 0 atom stereocenters. The van der Waals surface area contributed by atoms with E-state index in [0.717, 1.165) is 0 Å². The topological polar surface area (TPSA) is 17.1 Å². The van der Waals surface area contributed by atoms with Crippen LogP contribution in [0.3, 0.4) is 0 Å². The van der Waals surface area contributed by atoms with E-state index in [1.165, 1.54) is 0 Å². The standard InChI is InChI=1S/C3H3BF3O.K/c5-4(6,7)2-1-3-8;/h1-3H;/q-1;+1. The van der Waals surface area contributed by atoms with Crippen molar-refractivity contribution in [2.24, 2.45) is 0 Å². The average Bonchev–Trinajstić information content (AvgIpc) is 1.59. The maximum atomic E-state index is 11.1. The third kappa shape index (κ3) is 12.2. The minimum absolute atomic E-state index is 0. The van der Waals surface area contributed by atoms with Gasteiger partial charge in [-0.3, -0.25) is 4.79 Å². The van der Waals surface area contributed by atoms with Crippen LogP contribution in [-0.2, 0) is 4.79 Å². The maximum Gasteiger partial charge on any atom is 1.00 e. The van der Waals surface area contributed by atoms with Crippen LogP contribution in [0.2, 0.25) is 0 Å². The van der Waals surface area contributed by atoms with Crippen molar-refractivity contribution in [3.63, 3.8) is 0 Å². The molecule has 0 N–H and O–H groups in total. The van der Waals surface area contributed by atoms with Crippen molar-refractivity contribution in [2.45, 2.75) is 0 Å². The molecule has 0 unspecified atom stereocenters. The second-order valence-corrected chi connectivity index (χ2v) is 1.15. The van der Waals surface area contributed by atoms with Gasteiger partial charge in [-0.25, -0.2) is 0 Å². The van der Waals surface area contributed by atoms with E-state index in [1.54, 1.807) is 0 Å². The number of hydrogen-bond acceptors (Lipinski definition) is 1. The number of allylic oxidation sites excluding steroid dienone is 1. The van der Waals surface area contributed by atoms with Crippen LogP contribution in [0, 0.1) is 0 Å². The van der Waals surface area contributed by atoms with Crippen LogP contribution in [0.5, 0.6) is 0 Å². The fourth-order valence-corrected chi connectivity index (χ4v) is 0.171. The number of rotatable bonds is 2. The van der Waals surface area contributed by atoms with E-state index in [-0.39, 0.29) is 63.6 Å². The van der Waals surface area contributed by atoms with E-state index in [9.17, 15) is 17.7 Å². The van der Waals surface area contributed by atoms with Gasteiger partial charge in [0.1, 0.15) is 6.29 Å². The molecule has 0 aromatic rings. The van der Waals surface area contributed by atoms with E-state index in [2.05, 4.69) is 0 Å². The van der Waals surface area contributed by atoms with Crippen molar-refractivity contribution in [2.75, 3.05) is 0 Å². The zero-order valence-corrected chi connectivity index (χ0v) is 7.97. The summed E-state index contributed by atoms with van der Waals surface area (Å²) in [5.41, 5.74) is 0. The van der Waals surface area contributed by atoms with Crippen LogP contribution in [-0.4, -0.2) is 13.3 Å². The van der Waals surface area contributed by atoms with Gasteiger partial charge in [-0.1, -0.05) is 6.08 Å². The van der Waals surface area contributed by atoms with Gasteiger partial charge in [0, 0.05) is 0 Å². The van der Waals surface area contributed by atoms with Crippen molar-refractivity contribution < 1.29 is 69.1 Å². The molecule has 6 heteroatoms. The maximum absolute atomic E-state index is 11.1. The predicted molar refractivity (Wildman–Crippen MR) is 24.3 cm³/mol. The third-order valence-corrected chi connectivity index (χ3v) is 0.408. The Balaban J connectivity index is 0. The molecule has 0 radical (unpaired) electrons. The molecule has 9 heavy (non-hydrogen) atoms. The van der Waals surface area contributed by atoms with Crippen molar-refractivity contribution in [3.05, 3.63) is 12.1 Å². The Morgan fingerprint density at radius 3 is 1.78 bits per heavy atom. The molecule has 0 amide bonds. The monoisotopic (exact) mass is 162 g/mol. The third-order valence-electron chi connectivity index (χ3n) is 0.408. The molecule has 0 rings (SSSR count). The predicted octanol–water partition coefficient (Wildman–Crippen LogP) is -1.87. The van der Waals surface area contributed by atoms with Crippen LogP contribution in [0.15, 0.2) is 12.1 Å². The minimum atomic E-state index is -4.91. The van der Waals surface area contributed by atoms with E-state index in [0.29, 0.717) is 6.08 Å². The molecule has 0 aliphatic heterocycles. The van der Waals surface area contributed by atoms with Crippen LogP contribution in [0.1, 0.15) is 0 Å². The van der Waals surface area contributed by atoms with E-state index in [4.69, 9.17) is 0 Å². The van der Waals surface area contributed by atoms with E-state index in [1.807, 2.05) is 0 Å². The summed E-state index contributed by atoms with van der Waals surface area (Å²) in [6.07, 6.45) is 0.523. The number of aldehydes is 1. The molecule has 0 aromatic carbocycles. The fourth-order valence-electron chi connectivity index (χ4n) is 0.171. The Morgan fingerprint density at radius 2 is 1.67 bits per heavy atom. The molecule has 0 saturated carbocycles. The zero-order chi connectivity index (χ0) is 6.62. The molecule has 0 saturated heterocycles. The average molecular weight is 162 g/mol. The molecular formula is C3H3BF3KO. The first-order valence-electron chi connectivity index (χ1n) is 1.89. The van der Waals surface area contributed by atoms with Crippen molar-refractivity contribution >= 4 is 13.3 Å². The smallest absolute Gasteiger partial charge is 0.445 e. The summed E-state index contributed by atoms with van der Waals surface area (Å²) in [5.74, 6) is -0.0625. The summed E-state index contributed by atoms with van der Waals surface area (Å²) < 4.78 is 33.2. The van der Waals surface area contributed by atoms with Gasteiger partial charge in [0.2, 0.25) is 0 Å². The van der Waals surface area contributed by atoms with Crippen LogP contribution in [0.25, 0.3) is 0 Å². The molecule has 46 valence electrons. The van der Waals surface area contributed by atoms with Crippen LogP contribution in [0.4, 0.5) is 12.9 Å². The SMILES string of the molecule is O=CC=C[B-](F)(F)F.[K+]. The molecule has 0 aliphatic carbocycles. The summed E-state index contributed by atoms with van der Waals surface area (Å²) in [5, 5.41) is 0. The van der Waals surface area contributed by atoms with Gasteiger partial charge in [0.05, 0.1) is 0 Å². The zero-order valence-electron chi connectivity index (χ0n) is 4.85. The van der Waals surface area contributed by atoms with Gasteiger partial charge >= 0.3 is 58.4 Å². The summed E-state index contributed by atoms with van der Waals surface area (Å²) in [4.78, 5) is 9.27. The summed E-state index contributed by atoms with van der Waals surface area (Å²) in [7, 11) is 0. The molecular weight excluding hydrogens is 159 g/mol. The van der Waals surface area contributed by atoms with Gasteiger partial charge in [-0.05, 0) is 0 Å². The number of halogens is 3. The minimum Gasteiger partial charge on any atom is -0.445 e. The summed E-state index contributed by atoms with van der Waals surface area (Å²) >= 11 is 0. The Bertz CT molecular complexity index is 110. The quantitative estimate of drug-likeness (QED) is 0.264. The Hall–Kier alpha value is 0.901. The molecule has 0 heterocycles. The Kier molecular flexibility index (Phi) is 7.91. The van der Waals surface area contributed by atoms with E-state index >= 15 is 0 Å². The molecule has 0 spiro atoms. The van der Waals surface area contributed by atoms with E-state index < -0.39 is 6.98 Å². The van der Waals surface area contributed by atoms with Crippen LogP contribution >= 0.6 is 0 Å². The normalized spacial score (nSPS) is 11.0. The second-order valence-electron chi connectivity index (χ2n) is 1.15. The van der Waals surface area contributed by atoms with Gasteiger partial charge in [-0.2, -0.15) is 0 Å². The van der Waals surface area contributed by atoms with Crippen molar-refractivity contribution in [3.8, 4) is 0 Å². The van der Waals surface area contributed by atoms with Gasteiger partial charge in [0.25, 0.3) is 0 Å². The molecule has 0 aromatic heterocycles. The molecule has 1 nitrogen and oxygen atoms in total. The Morgan fingerprint density at radius 1 is 1.22 bits per heavy atom. The first-order chi connectivity index (χ1) is 3.56. The van der Waals surface area contributed by atoms with Crippen LogP contribution < -0.4 is 51.4 Å². The summed E-state index contributed by atoms with van der Waals surface area (Å²) in [6, 6.07) is 0. The van der Waals surface area contributed by atoms with Gasteiger partial charge in [0.15, 0.2) is 0 Å². The molecule has 0 bridgehead atoms. The fraction of sp³-hybridized carbons (Fsp3) is 0. The van der Waals surface area contributed by atoms with Gasteiger partial charge in [-0.15, -0.1) is 5.98 Å². The van der Waals surface area contributed by atoms with Gasteiger partial charge < -0.3 is 12.9 Å². The van der Waals surface area contributed by atoms with Crippen molar-refractivity contribution in [1.29, 1.82) is 0 Å². The second kappa shape index (κ2) is 5.67. The first kappa shape index (κ1) is 12.6. The molecule has 0 aliphatic rings.